The van der Waals surface area contributed by atoms with Crippen LogP contribution in [0.5, 0.6) is 0 Å². The molecule has 2 heterocycles. The number of hydrogen-bond acceptors (Lipinski definition) is 5. The summed E-state index contributed by atoms with van der Waals surface area (Å²) in [5, 5.41) is 13.6. The predicted molar refractivity (Wildman–Crippen MR) is 97.1 cm³/mol. The number of furan rings is 1. The summed E-state index contributed by atoms with van der Waals surface area (Å²) in [7, 11) is 2.00. The third-order valence-corrected chi connectivity index (χ3v) is 4.30. The van der Waals surface area contributed by atoms with Gasteiger partial charge in [-0.3, -0.25) is 9.47 Å². The lowest BCUT2D eigenvalue weighted by Crippen LogP contribution is -2.22. The Labute approximate surface area is 151 Å². The van der Waals surface area contributed by atoms with Crippen molar-refractivity contribution >= 4 is 12.2 Å². The van der Waals surface area contributed by atoms with Crippen molar-refractivity contribution < 1.29 is 4.42 Å². The summed E-state index contributed by atoms with van der Waals surface area (Å²) in [5.74, 6) is 1.44. The average molecular weight is 353 g/mol. The minimum atomic E-state index is 0.552. The molecule has 0 aliphatic heterocycles. The molecule has 0 aliphatic carbocycles. The van der Waals surface area contributed by atoms with Crippen molar-refractivity contribution in [1.82, 2.24) is 19.2 Å². The molecule has 0 aliphatic rings. The number of rotatable bonds is 6. The molecule has 0 atom stereocenters. The minimum Gasteiger partial charge on any atom is -0.461 e. The summed E-state index contributed by atoms with van der Waals surface area (Å²) in [6.07, 6.45) is 1.63. The van der Waals surface area contributed by atoms with Crippen LogP contribution >= 0.6 is 12.2 Å². The Bertz CT molecular complexity index is 949. The normalized spacial score (nSPS) is 11.0. The Kier molecular flexibility index (Phi) is 5.12. The zero-order chi connectivity index (χ0) is 17.8. The maximum absolute atomic E-state index is 9.02. The molecule has 0 N–H and O–H groups in total. The quantitative estimate of drug-likeness (QED) is 0.633. The summed E-state index contributed by atoms with van der Waals surface area (Å²) < 4.78 is 9.88. The van der Waals surface area contributed by atoms with E-state index >= 15 is 0 Å². The second-order valence-corrected chi connectivity index (χ2v) is 6.16. The fraction of sp³-hybridized carbons (Fsp3) is 0.278. The molecule has 2 aromatic heterocycles. The lowest BCUT2D eigenvalue weighted by Gasteiger charge is -2.16. The van der Waals surface area contributed by atoms with Crippen LogP contribution in [-0.4, -0.2) is 26.3 Å². The van der Waals surface area contributed by atoms with Crippen molar-refractivity contribution in [2.45, 2.75) is 26.7 Å². The molecule has 6 nitrogen and oxygen atoms in total. The van der Waals surface area contributed by atoms with Gasteiger partial charge >= 0.3 is 0 Å². The second-order valence-electron chi connectivity index (χ2n) is 5.80. The molecule has 0 bridgehead atoms. The number of nitrogens with zero attached hydrogens (tertiary/aromatic N) is 5. The first-order valence-corrected chi connectivity index (χ1v) is 8.42. The van der Waals surface area contributed by atoms with Crippen LogP contribution in [0.1, 0.15) is 18.1 Å². The molecule has 7 heteroatoms. The molecule has 0 saturated heterocycles. The first kappa shape index (κ1) is 17.1. The Morgan fingerprint density at radius 2 is 2.16 bits per heavy atom. The van der Waals surface area contributed by atoms with Crippen molar-refractivity contribution in [3.8, 4) is 17.7 Å². The van der Waals surface area contributed by atoms with Crippen LogP contribution in [0, 0.1) is 16.1 Å². The van der Waals surface area contributed by atoms with Crippen molar-refractivity contribution in [2.24, 2.45) is 0 Å². The molecule has 25 heavy (non-hydrogen) atoms. The van der Waals surface area contributed by atoms with Gasteiger partial charge in [-0.15, -0.1) is 5.10 Å². The molecule has 3 aromatic rings. The number of nitriles is 1. The summed E-state index contributed by atoms with van der Waals surface area (Å²) in [6.45, 7) is 4.01. The zero-order valence-electron chi connectivity index (χ0n) is 14.2. The van der Waals surface area contributed by atoms with Crippen LogP contribution in [0.2, 0.25) is 0 Å². The highest BCUT2D eigenvalue weighted by molar-refractivity contribution is 7.71. The van der Waals surface area contributed by atoms with Gasteiger partial charge in [0.15, 0.2) is 16.4 Å². The zero-order valence-corrected chi connectivity index (χ0v) is 15.0. The van der Waals surface area contributed by atoms with Gasteiger partial charge in [-0.1, -0.05) is 12.1 Å². The molecule has 0 amide bonds. The third kappa shape index (κ3) is 3.71. The van der Waals surface area contributed by atoms with Gasteiger partial charge in [0.1, 0.15) is 0 Å². The molecule has 3 rings (SSSR count). The third-order valence-electron chi connectivity index (χ3n) is 3.86. The van der Waals surface area contributed by atoms with E-state index in [0.717, 1.165) is 17.9 Å². The molecular weight excluding hydrogens is 334 g/mol. The molecule has 0 spiro atoms. The topological polar surface area (TPSA) is 62.9 Å². The lowest BCUT2D eigenvalue weighted by atomic mass is 10.1. The molecule has 1 aromatic carbocycles. The van der Waals surface area contributed by atoms with Gasteiger partial charge in [-0.05, 0) is 56.0 Å². The number of benzene rings is 1. The fourth-order valence-electron chi connectivity index (χ4n) is 2.74. The average Bonchev–Trinajstić information content (AvgIpc) is 3.23. The van der Waals surface area contributed by atoms with E-state index in [1.54, 1.807) is 17.0 Å². The molecule has 0 saturated carbocycles. The Morgan fingerprint density at radius 1 is 1.32 bits per heavy atom. The summed E-state index contributed by atoms with van der Waals surface area (Å²) >= 11 is 5.56. The van der Waals surface area contributed by atoms with E-state index < -0.39 is 0 Å². The van der Waals surface area contributed by atoms with Crippen LogP contribution in [0.25, 0.3) is 11.6 Å². The number of aromatic nitrogens is 3. The van der Waals surface area contributed by atoms with Crippen LogP contribution in [0.4, 0.5) is 0 Å². The first-order valence-electron chi connectivity index (χ1n) is 8.01. The lowest BCUT2D eigenvalue weighted by molar-refractivity contribution is 0.244. The van der Waals surface area contributed by atoms with E-state index in [4.69, 9.17) is 21.9 Å². The molecular formula is C18H19N5OS. The highest BCUT2D eigenvalue weighted by Gasteiger charge is 2.14. The summed E-state index contributed by atoms with van der Waals surface area (Å²) in [6, 6.07) is 13.5. The molecule has 0 radical (unpaired) electrons. The van der Waals surface area contributed by atoms with Gasteiger partial charge in [0.05, 0.1) is 24.6 Å². The summed E-state index contributed by atoms with van der Waals surface area (Å²) in [5.41, 5.74) is 1.74. The first-order chi connectivity index (χ1) is 12.1. The van der Waals surface area contributed by atoms with E-state index in [9.17, 15) is 0 Å². The van der Waals surface area contributed by atoms with Gasteiger partial charge in [0, 0.05) is 13.1 Å². The Hall–Kier alpha value is -2.69. The maximum atomic E-state index is 9.02. The van der Waals surface area contributed by atoms with Crippen LogP contribution < -0.4 is 0 Å². The van der Waals surface area contributed by atoms with Crippen molar-refractivity contribution in [1.29, 1.82) is 5.26 Å². The van der Waals surface area contributed by atoms with Gasteiger partial charge in [-0.25, -0.2) is 4.68 Å². The van der Waals surface area contributed by atoms with E-state index in [2.05, 4.69) is 16.1 Å². The molecule has 0 fully saturated rings. The van der Waals surface area contributed by atoms with E-state index in [-0.39, 0.29) is 0 Å². The van der Waals surface area contributed by atoms with Crippen molar-refractivity contribution in [3.05, 3.63) is 58.6 Å². The predicted octanol–water partition coefficient (Wildman–Crippen LogP) is 3.66. The molecule has 0 unspecified atom stereocenters. The Balaban J connectivity index is 1.80. The maximum Gasteiger partial charge on any atom is 0.199 e. The van der Waals surface area contributed by atoms with E-state index in [0.29, 0.717) is 29.3 Å². The standard InChI is InChI=1S/C18H19N5OS/c1-3-22-17(16-8-5-9-24-16)20-23(18(22)25)13-21(2)12-15-7-4-6-14(10-15)11-19/h4-10H,3,12-13H2,1-2H3. The second kappa shape index (κ2) is 7.47. The number of hydrogen-bond donors (Lipinski definition) is 0. The largest absolute Gasteiger partial charge is 0.461 e. The van der Waals surface area contributed by atoms with Gasteiger partial charge in [-0.2, -0.15) is 5.26 Å². The van der Waals surface area contributed by atoms with Gasteiger partial charge < -0.3 is 4.42 Å². The highest BCUT2D eigenvalue weighted by Crippen LogP contribution is 2.19. The van der Waals surface area contributed by atoms with Crippen molar-refractivity contribution in [2.75, 3.05) is 7.05 Å². The fourth-order valence-corrected chi connectivity index (χ4v) is 3.05. The Morgan fingerprint density at radius 3 is 2.84 bits per heavy atom. The van der Waals surface area contributed by atoms with Gasteiger partial charge in [0.2, 0.25) is 0 Å². The van der Waals surface area contributed by atoms with Crippen molar-refractivity contribution in [3.63, 3.8) is 0 Å². The van der Waals surface area contributed by atoms with Gasteiger partial charge in [0.25, 0.3) is 0 Å². The SMILES string of the molecule is CCn1c(-c2ccco2)nn(CN(C)Cc2cccc(C#N)c2)c1=S. The summed E-state index contributed by atoms with van der Waals surface area (Å²) in [4.78, 5) is 2.10. The molecule has 128 valence electrons. The van der Waals surface area contributed by atoms with E-state index in [1.165, 1.54) is 0 Å². The van der Waals surface area contributed by atoms with Crippen LogP contribution in [-0.2, 0) is 19.8 Å². The van der Waals surface area contributed by atoms with E-state index in [1.807, 2.05) is 48.9 Å². The smallest absolute Gasteiger partial charge is 0.199 e. The monoisotopic (exact) mass is 353 g/mol. The minimum absolute atomic E-state index is 0.552. The highest BCUT2D eigenvalue weighted by atomic mass is 32.1. The van der Waals surface area contributed by atoms with Crippen LogP contribution in [0.3, 0.4) is 0 Å². The van der Waals surface area contributed by atoms with Crippen LogP contribution in [0.15, 0.2) is 47.1 Å².